The summed E-state index contributed by atoms with van der Waals surface area (Å²) in [4.78, 5) is 20.9. The molecule has 31 heavy (non-hydrogen) atoms. The zero-order chi connectivity index (χ0) is 22.3. The van der Waals surface area contributed by atoms with Crippen molar-refractivity contribution in [3.05, 3.63) is 47.1 Å². The van der Waals surface area contributed by atoms with E-state index in [0.717, 1.165) is 51.7 Å². The lowest BCUT2D eigenvalue weighted by Gasteiger charge is -2.36. The van der Waals surface area contributed by atoms with E-state index in [1.165, 1.54) is 0 Å². The summed E-state index contributed by atoms with van der Waals surface area (Å²) >= 11 is 6.43. The van der Waals surface area contributed by atoms with Gasteiger partial charge in [-0.1, -0.05) is 23.7 Å². The van der Waals surface area contributed by atoms with Gasteiger partial charge in [0, 0.05) is 50.5 Å². The number of nitrogens with zero attached hydrogens (tertiary/aromatic N) is 4. The second kappa shape index (κ2) is 8.08. The molecule has 1 aromatic carbocycles. The van der Waals surface area contributed by atoms with E-state index in [1.54, 1.807) is 11.1 Å². The minimum atomic E-state index is -0.469. The van der Waals surface area contributed by atoms with Crippen molar-refractivity contribution in [2.75, 3.05) is 31.1 Å². The summed E-state index contributed by atoms with van der Waals surface area (Å²) in [6.45, 7) is 10.6. The molecule has 1 fully saturated rings. The van der Waals surface area contributed by atoms with Gasteiger partial charge in [0.1, 0.15) is 11.2 Å². The molecule has 1 saturated heterocycles. The van der Waals surface area contributed by atoms with Crippen LogP contribution in [-0.4, -0.2) is 52.3 Å². The number of hydrogen-bond acceptors (Lipinski definition) is 4. The second-order valence-corrected chi connectivity index (χ2v) is 9.43. The molecule has 0 spiro atoms. The van der Waals surface area contributed by atoms with Gasteiger partial charge < -0.3 is 19.1 Å². The fourth-order valence-electron chi connectivity index (χ4n) is 4.22. The second-order valence-electron chi connectivity index (χ2n) is 9.03. The van der Waals surface area contributed by atoms with Crippen molar-refractivity contribution in [2.45, 2.75) is 33.3 Å². The lowest BCUT2D eigenvalue weighted by Crippen LogP contribution is -2.50. The van der Waals surface area contributed by atoms with Gasteiger partial charge in [0.05, 0.1) is 10.7 Å². The molecule has 7 heteroatoms. The highest BCUT2D eigenvalue weighted by Crippen LogP contribution is 2.35. The molecule has 1 aliphatic heterocycles. The highest BCUT2D eigenvalue weighted by molar-refractivity contribution is 6.35. The maximum atomic E-state index is 12.3. The normalized spacial score (nSPS) is 14.9. The quantitative estimate of drug-likeness (QED) is 0.545. The number of fused-ring (bicyclic) bond motifs is 1. The van der Waals surface area contributed by atoms with Crippen molar-refractivity contribution in [1.82, 2.24) is 14.5 Å². The van der Waals surface area contributed by atoms with E-state index >= 15 is 0 Å². The molecule has 3 heterocycles. The van der Waals surface area contributed by atoms with Crippen LogP contribution in [0.25, 0.3) is 22.3 Å². The van der Waals surface area contributed by atoms with Crippen LogP contribution in [0.2, 0.25) is 5.02 Å². The number of aryl methyl sites for hydroxylation is 2. The number of carbonyl (C=O) groups is 1. The Kier molecular flexibility index (Phi) is 5.60. The summed E-state index contributed by atoms with van der Waals surface area (Å²) in [6, 6.07) is 10.4. The number of pyridine rings is 1. The average molecular weight is 441 g/mol. The van der Waals surface area contributed by atoms with Crippen molar-refractivity contribution in [3.63, 3.8) is 0 Å². The number of halogens is 1. The Balaban J connectivity index is 1.50. The first-order valence-electron chi connectivity index (χ1n) is 10.6. The molecule has 6 nitrogen and oxygen atoms in total. The van der Waals surface area contributed by atoms with Gasteiger partial charge in [-0.15, -0.1) is 0 Å². The maximum Gasteiger partial charge on any atom is 0.410 e. The molecule has 0 aliphatic carbocycles. The third kappa shape index (κ3) is 4.22. The van der Waals surface area contributed by atoms with Crippen LogP contribution in [0.1, 0.15) is 26.3 Å². The Morgan fingerprint density at radius 2 is 1.71 bits per heavy atom. The van der Waals surface area contributed by atoms with Crippen LogP contribution in [0.3, 0.4) is 0 Å². The van der Waals surface area contributed by atoms with E-state index in [1.807, 2.05) is 33.9 Å². The first-order valence-corrected chi connectivity index (χ1v) is 11.0. The van der Waals surface area contributed by atoms with E-state index in [0.29, 0.717) is 13.1 Å². The first-order chi connectivity index (χ1) is 14.7. The molecule has 0 atom stereocenters. The van der Waals surface area contributed by atoms with Crippen LogP contribution < -0.4 is 4.90 Å². The van der Waals surface area contributed by atoms with Gasteiger partial charge in [0.2, 0.25) is 0 Å². The smallest absolute Gasteiger partial charge is 0.410 e. The Morgan fingerprint density at radius 3 is 2.29 bits per heavy atom. The summed E-state index contributed by atoms with van der Waals surface area (Å²) in [5.74, 6) is 0. The van der Waals surface area contributed by atoms with Crippen molar-refractivity contribution in [3.8, 4) is 11.3 Å². The number of carbonyl (C=O) groups excluding carboxylic acids is 1. The zero-order valence-electron chi connectivity index (χ0n) is 18.8. The Morgan fingerprint density at radius 1 is 1.06 bits per heavy atom. The molecule has 0 unspecified atom stereocenters. The molecule has 1 amide bonds. The predicted molar refractivity (Wildman–Crippen MR) is 126 cm³/mol. The van der Waals surface area contributed by atoms with Gasteiger partial charge >= 0.3 is 6.09 Å². The highest BCUT2D eigenvalue weighted by atomic mass is 35.5. The van der Waals surface area contributed by atoms with Crippen molar-refractivity contribution < 1.29 is 9.53 Å². The molecule has 3 aromatic rings. The van der Waals surface area contributed by atoms with E-state index in [4.69, 9.17) is 16.3 Å². The van der Waals surface area contributed by atoms with Crippen LogP contribution in [0.5, 0.6) is 0 Å². The fourth-order valence-corrected chi connectivity index (χ4v) is 4.50. The third-order valence-corrected chi connectivity index (χ3v) is 6.02. The van der Waals surface area contributed by atoms with Gasteiger partial charge in [-0.3, -0.25) is 0 Å². The number of benzene rings is 1. The first kappa shape index (κ1) is 21.5. The molecular formula is C24H29ClN4O2. The highest BCUT2D eigenvalue weighted by Gasteiger charge is 2.26. The third-order valence-electron chi connectivity index (χ3n) is 5.70. The van der Waals surface area contributed by atoms with Gasteiger partial charge in [-0.05, 0) is 57.0 Å². The number of hydrogen-bond donors (Lipinski definition) is 0. The summed E-state index contributed by atoms with van der Waals surface area (Å²) < 4.78 is 7.59. The monoisotopic (exact) mass is 440 g/mol. The van der Waals surface area contributed by atoms with Gasteiger partial charge in [0.15, 0.2) is 0 Å². The number of amides is 1. The molecular weight excluding hydrogens is 412 g/mol. The topological polar surface area (TPSA) is 50.6 Å². The summed E-state index contributed by atoms with van der Waals surface area (Å²) in [7, 11) is 2.03. The Labute approximate surface area is 188 Å². The van der Waals surface area contributed by atoms with Crippen molar-refractivity contribution in [1.29, 1.82) is 0 Å². The van der Waals surface area contributed by atoms with Gasteiger partial charge in [-0.2, -0.15) is 0 Å². The lowest BCUT2D eigenvalue weighted by molar-refractivity contribution is 0.0240. The minimum Gasteiger partial charge on any atom is -0.444 e. The SMILES string of the molecule is Cc1c(-c2ccc(N3CCN(C(=O)OC(C)(C)C)CC3)cc2)n(C)c2nccc(Cl)c12. The average Bonchev–Trinajstić information content (AvgIpc) is 2.98. The van der Waals surface area contributed by atoms with E-state index in [-0.39, 0.29) is 6.09 Å². The molecule has 164 valence electrons. The Bertz CT molecular complexity index is 1110. The van der Waals surface area contributed by atoms with Crippen LogP contribution >= 0.6 is 11.6 Å². The van der Waals surface area contributed by atoms with Crippen LogP contribution in [0.15, 0.2) is 36.5 Å². The summed E-state index contributed by atoms with van der Waals surface area (Å²) in [6.07, 6.45) is 1.51. The number of piperazine rings is 1. The van der Waals surface area contributed by atoms with E-state index in [2.05, 4.69) is 45.6 Å². The molecule has 0 bridgehead atoms. The lowest BCUT2D eigenvalue weighted by atomic mass is 10.1. The fraction of sp³-hybridized carbons (Fsp3) is 0.417. The number of anilines is 1. The van der Waals surface area contributed by atoms with E-state index in [9.17, 15) is 4.79 Å². The molecule has 0 N–H and O–H groups in total. The number of rotatable bonds is 2. The van der Waals surface area contributed by atoms with Crippen molar-refractivity contribution in [2.24, 2.45) is 7.05 Å². The van der Waals surface area contributed by atoms with Crippen molar-refractivity contribution >= 4 is 34.4 Å². The van der Waals surface area contributed by atoms with E-state index < -0.39 is 5.60 Å². The largest absolute Gasteiger partial charge is 0.444 e. The van der Waals surface area contributed by atoms with Gasteiger partial charge in [-0.25, -0.2) is 9.78 Å². The minimum absolute atomic E-state index is 0.235. The molecule has 0 radical (unpaired) electrons. The summed E-state index contributed by atoms with van der Waals surface area (Å²) in [5, 5.41) is 1.73. The molecule has 2 aromatic heterocycles. The number of aromatic nitrogens is 2. The standard InChI is InChI=1S/C24H29ClN4O2/c1-16-20-19(25)10-11-26-22(20)27(5)21(16)17-6-8-18(9-7-17)28-12-14-29(15-13-28)23(30)31-24(2,3)4/h6-11H,12-15H2,1-5H3. The molecule has 4 rings (SSSR count). The molecule has 1 aliphatic rings. The Hall–Kier alpha value is -2.73. The maximum absolute atomic E-state index is 12.3. The predicted octanol–water partition coefficient (Wildman–Crippen LogP) is 5.26. The van der Waals surface area contributed by atoms with Crippen LogP contribution in [0.4, 0.5) is 10.5 Å². The number of ether oxygens (including phenoxy) is 1. The summed E-state index contributed by atoms with van der Waals surface area (Å²) in [5.41, 5.74) is 4.96. The van der Waals surface area contributed by atoms with Gasteiger partial charge in [0.25, 0.3) is 0 Å². The molecule has 0 saturated carbocycles. The van der Waals surface area contributed by atoms with Crippen LogP contribution in [0, 0.1) is 6.92 Å². The van der Waals surface area contributed by atoms with Crippen LogP contribution in [-0.2, 0) is 11.8 Å². The zero-order valence-corrected chi connectivity index (χ0v) is 19.5.